The van der Waals surface area contributed by atoms with E-state index in [4.69, 9.17) is 4.84 Å². The zero-order valence-electron chi connectivity index (χ0n) is 15.7. The smallest absolute Gasteiger partial charge is 0.318 e. The highest BCUT2D eigenvalue weighted by molar-refractivity contribution is 7.25. The van der Waals surface area contributed by atoms with E-state index in [-0.39, 0.29) is 11.4 Å². The predicted molar refractivity (Wildman–Crippen MR) is 115 cm³/mol. The van der Waals surface area contributed by atoms with Gasteiger partial charge in [0.15, 0.2) is 5.71 Å². The zero-order valence-corrected chi connectivity index (χ0v) is 16.5. The molecule has 0 aliphatic heterocycles. The Hall–Kier alpha value is -3.91. The minimum atomic E-state index is -0.636. The van der Waals surface area contributed by atoms with Crippen molar-refractivity contribution < 1.29 is 19.3 Å². The fraction of sp³-hybridized carbons (Fsp3) is 0.0455. The number of hydrogen-bond acceptors (Lipinski definition) is 7. The van der Waals surface area contributed by atoms with E-state index in [1.165, 1.54) is 30.4 Å². The molecule has 0 spiro atoms. The number of ketones is 1. The van der Waals surface area contributed by atoms with Gasteiger partial charge in [-0.2, -0.15) is 0 Å². The van der Waals surface area contributed by atoms with Crippen LogP contribution in [0.4, 0.5) is 5.69 Å². The first-order valence-corrected chi connectivity index (χ1v) is 9.72. The van der Waals surface area contributed by atoms with Crippen LogP contribution in [0.1, 0.15) is 22.8 Å². The van der Waals surface area contributed by atoms with Gasteiger partial charge in [0.1, 0.15) is 0 Å². The summed E-state index contributed by atoms with van der Waals surface area (Å²) in [6.07, 6.45) is 0. The lowest BCUT2D eigenvalue weighted by Gasteiger charge is -2.06. The van der Waals surface area contributed by atoms with Crippen molar-refractivity contribution in [3.8, 4) is 0 Å². The first-order valence-electron chi connectivity index (χ1n) is 8.90. The largest absolute Gasteiger partial charge is 0.332 e. The van der Waals surface area contributed by atoms with Crippen LogP contribution in [0.5, 0.6) is 0 Å². The van der Waals surface area contributed by atoms with Gasteiger partial charge in [0, 0.05) is 50.4 Å². The molecule has 4 aromatic rings. The minimum absolute atomic E-state index is 0.00401. The monoisotopic (exact) mass is 418 g/mol. The normalized spacial score (nSPS) is 11.6. The number of nitrogens with zero attached hydrogens (tertiary/aromatic N) is 2. The third-order valence-electron chi connectivity index (χ3n) is 4.45. The van der Waals surface area contributed by atoms with Gasteiger partial charge in [-0.15, -0.1) is 11.3 Å². The molecule has 8 heteroatoms. The van der Waals surface area contributed by atoms with E-state index in [2.05, 4.69) is 5.16 Å². The molecule has 0 radical (unpaired) electrons. The Bertz CT molecular complexity index is 1340. The lowest BCUT2D eigenvalue weighted by molar-refractivity contribution is -0.384. The van der Waals surface area contributed by atoms with Crippen LogP contribution >= 0.6 is 11.3 Å². The van der Waals surface area contributed by atoms with Crippen molar-refractivity contribution >= 4 is 54.7 Å². The molecule has 0 amide bonds. The van der Waals surface area contributed by atoms with Gasteiger partial charge in [-0.1, -0.05) is 35.5 Å². The van der Waals surface area contributed by atoms with Gasteiger partial charge < -0.3 is 4.84 Å². The van der Waals surface area contributed by atoms with Crippen LogP contribution in [0.25, 0.3) is 20.2 Å². The molecule has 7 nitrogen and oxygen atoms in total. The highest BCUT2D eigenvalue weighted by atomic mass is 32.1. The molecule has 0 atom stereocenters. The van der Waals surface area contributed by atoms with Gasteiger partial charge >= 0.3 is 5.97 Å². The Morgan fingerprint density at radius 1 is 0.933 bits per heavy atom. The van der Waals surface area contributed by atoms with Crippen LogP contribution in [0.2, 0.25) is 0 Å². The number of nitro benzene ring substituents is 1. The SMILES string of the molecule is CC(=O)O/N=C(/C(=O)c1ccc2sc3ccc([N+](=O)[O-])cc3c2c1)c1ccccc1. The molecule has 0 aliphatic rings. The molecule has 0 N–H and O–H groups in total. The van der Waals surface area contributed by atoms with Gasteiger partial charge in [0.05, 0.1) is 4.92 Å². The Morgan fingerprint density at radius 2 is 1.60 bits per heavy atom. The maximum atomic E-state index is 13.2. The number of rotatable bonds is 5. The number of fused-ring (bicyclic) bond motifs is 3. The number of nitro groups is 1. The second-order valence-corrected chi connectivity index (χ2v) is 7.55. The molecule has 0 saturated carbocycles. The van der Waals surface area contributed by atoms with E-state index in [1.807, 2.05) is 0 Å². The van der Waals surface area contributed by atoms with Crippen LogP contribution < -0.4 is 0 Å². The van der Waals surface area contributed by atoms with Crippen molar-refractivity contribution in [2.24, 2.45) is 5.16 Å². The summed E-state index contributed by atoms with van der Waals surface area (Å²) in [6.45, 7) is 1.20. The average molecular weight is 418 g/mol. The third kappa shape index (κ3) is 3.68. The standard InChI is InChI=1S/C22H14N2O5S/c1-13(25)29-23-21(14-5-3-2-4-6-14)22(26)15-7-9-19-17(11-15)18-12-16(24(27)28)8-10-20(18)30-19/h2-12H,1H3/b23-21+. The summed E-state index contributed by atoms with van der Waals surface area (Å²) in [6, 6.07) is 18.5. The van der Waals surface area contributed by atoms with Gasteiger partial charge in [-0.3, -0.25) is 14.9 Å². The van der Waals surface area contributed by atoms with E-state index in [0.717, 1.165) is 14.8 Å². The molecule has 4 rings (SSSR count). The number of carbonyl (C=O) groups is 2. The van der Waals surface area contributed by atoms with Gasteiger partial charge in [-0.25, -0.2) is 4.79 Å². The quantitative estimate of drug-likeness (QED) is 0.147. The van der Waals surface area contributed by atoms with E-state index in [0.29, 0.717) is 16.5 Å². The fourth-order valence-electron chi connectivity index (χ4n) is 3.09. The van der Waals surface area contributed by atoms with E-state index >= 15 is 0 Å². The van der Waals surface area contributed by atoms with Crippen LogP contribution in [-0.2, 0) is 9.63 Å². The first-order chi connectivity index (χ1) is 14.4. The predicted octanol–water partition coefficient (Wildman–Crippen LogP) is 5.11. The molecule has 3 aromatic carbocycles. The molecule has 0 bridgehead atoms. The van der Waals surface area contributed by atoms with Crippen LogP contribution in [0.15, 0.2) is 71.9 Å². The average Bonchev–Trinajstić information content (AvgIpc) is 3.11. The topological polar surface area (TPSA) is 98.9 Å². The van der Waals surface area contributed by atoms with Crippen molar-refractivity contribution in [3.63, 3.8) is 0 Å². The van der Waals surface area contributed by atoms with Crippen molar-refractivity contribution in [1.82, 2.24) is 0 Å². The number of non-ortho nitro benzene ring substituents is 1. The number of Topliss-reactive ketones (excluding diaryl/α,β-unsaturated/α-hetero) is 1. The Labute approximate surface area is 174 Å². The summed E-state index contributed by atoms with van der Waals surface area (Å²) < 4.78 is 1.79. The lowest BCUT2D eigenvalue weighted by Crippen LogP contribution is -2.17. The fourth-order valence-corrected chi connectivity index (χ4v) is 4.15. The van der Waals surface area contributed by atoms with Crippen molar-refractivity contribution in [1.29, 1.82) is 0 Å². The summed E-state index contributed by atoms with van der Waals surface area (Å²) in [4.78, 5) is 39.9. The molecule has 0 aliphatic carbocycles. The molecule has 30 heavy (non-hydrogen) atoms. The third-order valence-corrected chi connectivity index (χ3v) is 5.61. The lowest BCUT2D eigenvalue weighted by atomic mass is 9.99. The Balaban J connectivity index is 1.84. The Morgan fingerprint density at radius 3 is 2.27 bits per heavy atom. The molecule has 1 aromatic heterocycles. The number of thiophene rings is 1. The number of benzene rings is 3. The number of carbonyl (C=O) groups excluding carboxylic acids is 2. The highest BCUT2D eigenvalue weighted by Gasteiger charge is 2.19. The summed E-state index contributed by atoms with van der Waals surface area (Å²) in [5.74, 6) is -1.06. The molecular weight excluding hydrogens is 404 g/mol. The van der Waals surface area contributed by atoms with Gasteiger partial charge in [-0.05, 0) is 24.3 Å². The highest BCUT2D eigenvalue weighted by Crippen LogP contribution is 2.36. The van der Waals surface area contributed by atoms with Gasteiger partial charge in [0.2, 0.25) is 5.78 Å². The van der Waals surface area contributed by atoms with Crippen molar-refractivity contribution in [3.05, 3.63) is 88.0 Å². The second kappa shape index (κ2) is 7.84. The maximum absolute atomic E-state index is 13.2. The van der Waals surface area contributed by atoms with E-state index < -0.39 is 16.7 Å². The molecule has 0 saturated heterocycles. The second-order valence-electron chi connectivity index (χ2n) is 6.47. The summed E-state index contributed by atoms with van der Waals surface area (Å²) in [7, 11) is 0. The van der Waals surface area contributed by atoms with Crippen LogP contribution in [0, 0.1) is 10.1 Å². The minimum Gasteiger partial charge on any atom is -0.318 e. The summed E-state index contributed by atoms with van der Waals surface area (Å²) in [5.41, 5.74) is 0.828. The Kier molecular flexibility index (Phi) is 5.07. The van der Waals surface area contributed by atoms with Crippen LogP contribution in [-0.4, -0.2) is 22.4 Å². The number of oxime groups is 1. The van der Waals surface area contributed by atoms with Crippen molar-refractivity contribution in [2.75, 3.05) is 0 Å². The van der Waals surface area contributed by atoms with Crippen molar-refractivity contribution in [2.45, 2.75) is 6.92 Å². The van der Waals surface area contributed by atoms with Crippen LogP contribution in [0.3, 0.4) is 0 Å². The van der Waals surface area contributed by atoms with E-state index in [1.54, 1.807) is 54.6 Å². The number of hydrogen-bond donors (Lipinski definition) is 0. The molecule has 0 fully saturated rings. The molecule has 1 heterocycles. The summed E-state index contributed by atoms with van der Waals surface area (Å²) >= 11 is 1.49. The van der Waals surface area contributed by atoms with E-state index in [9.17, 15) is 19.7 Å². The molecule has 148 valence electrons. The zero-order chi connectivity index (χ0) is 21.3. The summed E-state index contributed by atoms with van der Waals surface area (Å²) in [5, 5.41) is 16.4. The maximum Gasteiger partial charge on any atom is 0.332 e. The molecular formula is C22H14N2O5S. The molecule has 0 unspecified atom stereocenters. The first kappa shape index (κ1) is 19.4. The van der Waals surface area contributed by atoms with Gasteiger partial charge in [0.25, 0.3) is 5.69 Å².